The van der Waals surface area contributed by atoms with Gasteiger partial charge in [-0.1, -0.05) is 29.3 Å². The molecule has 0 atom stereocenters. The third-order valence-electron chi connectivity index (χ3n) is 3.74. The second-order valence-electron chi connectivity index (χ2n) is 5.93. The van der Waals surface area contributed by atoms with E-state index in [0.717, 1.165) is 5.56 Å². The van der Waals surface area contributed by atoms with Gasteiger partial charge in [0.1, 0.15) is 5.82 Å². The van der Waals surface area contributed by atoms with Crippen LogP contribution < -0.4 is 10.0 Å². The van der Waals surface area contributed by atoms with Gasteiger partial charge < -0.3 is 5.32 Å². The first-order valence-electron chi connectivity index (χ1n) is 8.06. The Bertz CT molecular complexity index is 1150. The van der Waals surface area contributed by atoms with Crippen LogP contribution in [0.4, 0.5) is 11.5 Å². The Morgan fingerprint density at radius 1 is 1.00 bits per heavy atom. The van der Waals surface area contributed by atoms with Crippen LogP contribution in [0.1, 0.15) is 15.9 Å². The molecule has 2 aromatic carbocycles. The summed E-state index contributed by atoms with van der Waals surface area (Å²) >= 11 is 11.7. The number of benzene rings is 2. The molecule has 0 aliphatic carbocycles. The maximum absolute atomic E-state index is 12.6. The van der Waals surface area contributed by atoms with E-state index in [-0.39, 0.29) is 26.2 Å². The lowest BCUT2D eigenvalue weighted by Gasteiger charge is -2.10. The molecule has 1 aromatic heterocycles. The average Bonchev–Trinajstić information content (AvgIpc) is 2.63. The van der Waals surface area contributed by atoms with E-state index in [4.69, 9.17) is 23.2 Å². The minimum absolute atomic E-state index is 0.0410. The van der Waals surface area contributed by atoms with Gasteiger partial charge in [0.25, 0.3) is 15.9 Å². The zero-order valence-electron chi connectivity index (χ0n) is 14.6. The number of aromatic nitrogens is 1. The number of carbonyl (C=O) groups is 1. The van der Waals surface area contributed by atoms with Crippen molar-refractivity contribution in [3.8, 4) is 0 Å². The Labute approximate surface area is 172 Å². The Morgan fingerprint density at radius 3 is 2.50 bits per heavy atom. The van der Waals surface area contributed by atoms with E-state index in [9.17, 15) is 13.2 Å². The van der Waals surface area contributed by atoms with Crippen molar-refractivity contribution in [2.24, 2.45) is 0 Å². The number of aryl methyl sites for hydroxylation is 1. The fraction of sp³-hybridized carbons (Fsp3) is 0.0526. The number of pyridine rings is 1. The molecule has 9 heteroatoms. The number of anilines is 2. The Balaban J connectivity index is 1.80. The largest absolute Gasteiger partial charge is 0.307 e. The zero-order chi connectivity index (χ0) is 20.3. The van der Waals surface area contributed by atoms with Gasteiger partial charge in [-0.3, -0.25) is 9.52 Å². The standard InChI is InChI=1S/C19H15Cl2N3O3S/c1-12-7-8-22-18(9-12)23-19(25)13-3-2-4-14(10-13)24-28(26,27)15-5-6-16(20)17(21)11-15/h2-11,24H,1H3,(H,22,23,25). The van der Waals surface area contributed by atoms with Gasteiger partial charge in [0.2, 0.25) is 0 Å². The molecule has 6 nitrogen and oxygen atoms in total. The molecule has 0 bridgehead atoms. The average molecular weight is 436 g/mol. The molecule has 28 heavy (non-hydrogen) atoms. The second-order valence-corrected chi connectivity index (χ2v) is 8.43. The van der Waals surface area contributed by atoms with Crippen LogP contribution in [0.5, 0.6) is 0 Å². The van der Waals surface area contributed by atoms with E-state index in [2.05, 4.69) is 15.0 Å². The Hall–Kier alpha value is -2.61. The molecule has 1 amide bonds. The number of hydrogen-bond acceptors (Lipinski definition) is 4. The molecule has 1 heterocycles. The van der Waals surface area contributed by atoms with Crippen LogP contribution in [0.3, 0.4) is 0 Å². The predicted octanol–water partition coefficient (Wildman–Crippen LogP) is 4.75. The van der Waals surface area contributed by atoms with Crippen LogP contribution in [0, 0.1) is 6.92 Å². The molecule has 0 radical (unpaired) electrons. The monoisotopic (exact) mass is 435 g/mol. The van der Waals surface area contributed by atoms with Gasteiger partial charge in [-0.25, -0.2) is 13.4 Å². The van der Waals surface area contributed by atoms with Crippen LogP contribution in [0.25, 0.3) is 0 Å². The quantitative estimate of drug-likeness (QED) is 0.604. The van der Waals surface area contributed by atoms with Crippen molar-refractivity contribution in [2.45, 2.75) is 11.8 Å². The van der Waals surface area contributed by atoms with Crippen LogP contribution in [-0.4, -0.2) is 19.3 Å². The minimum atomic E-state index is -3.90. The normalized spacial score (nSPS) is 11.1. The summed E-state index contributed by atoms with van der Waals surface area (Å²) in [5.74, 6) is 0.000440. The van der Waals surface area contributed by atoms with Crippen molar-refractivity contribution >= 4 is 50.6 Å². The van der Waals surface area contributed by atoms with E-state index in [0.29, 0.717) is 5.82 Å². The first-order chi connectivity index (χ1) is 13.2. The number of carbonyl (C=O) groups excluding carboxylic acids is 1. The zero-order valence-corrected chi connectivity index (χ0v) is 16.9. The highest BCUT2D eigenvalue weighted by molar-refractivity contribution is 7.92. The minimum Gasteiger partial charge on any atom is -0.307 e. The highest BCUT2D eigenvalue weighted by atomic mass is 35.5. The maximum Gasteiger partial charge on any atom is 0.261 e. The van der Waals surface area contributed by atoms with Crippen LogP contribution in [0.15, 0.2) is 65.7 Å². The lowest BCUT2D eigenvalue weighted by atomic mass is 10.2. The molecule has 3 aromatic rings. The van der Waals surface area contributed by atoms with E-state index in [1.807, 2.05) is 13.0 Å². The Kier molecular flexibility index (Phi) is 5.88. The number of nitrogens with one attached hydrogen (secondary N) is 2. The van der Waals surface area contributed by atoms with Gasteiger partial charge in [0, 0.05) is 17.4 Å². The number of nitrogens with zero attached hydrogens (tertiary/aromatic N) is 1. The van der Waals surface area contributed by atoms with E-state index >= 15 is 0 Å². The van der Waals surface area contributed by atoms with Crippen molar-refractivity contribution < 1.29 is 13.2 Å². The van der Waals surface area contributed by atoms with E-state index in [1.54, 1.807) is 24.4 Å². The molecule has 0 aliphatic heterocycles. The van der Waals surface area contributed by atoms with Crippen molar-refractivity contribution in [1.82, 2.24) is 4.98 Å². The van der Waals surface area contributed by atoms with Gasteiger partial charge in [0.05, 0.1) is 14.9 Å². The number of amides is 1. The third kappa shape index (κ3) is 4.81. The van der Waals surface area contributed by atoms with E-state index in [1.165, 1.54) is 30.3 Å². The van der Waals surface area contributed by atoms with Crippen molar-refractivity contribution in [3.05, 3.63) is 82.0 Å². The summed E-state index contributed by atoms with van der Waals surface area (Å²) in [5.41, 5.74) is 1.46. The predicted molar refractivity (Wildman–Crippen MR) is 111 cm³/mol. The molecule has 0 spiro atoms. The molecule has 0 saturated carbocycles. The van der Waals surface area contributed by atoms with E-state index < -0.39 is 15.9 Å². The highest BCUT2D eigenvalue weighted by Gasteiger charge is 2.17. The van der Waals surface area contributed by atoms with Crippen molar-refractivity contribution in [1.29, 1.82) is 0 Å². The molecule has 3 rings (SSSR count). The summed E-state index contributed by atoms with van der Waals surface area (Å²) in [6.07, 6.45) is 1.59. The van der Waals surface area contributed by atoms with Crippen molar-refractivity contribution in [2.75, 3.05) is 10.0 Å². The fourth-order valence-electron chi connectivity index (χ4n) is 2.38. The summed E-state index contributed by atoms with van der Waals surface area (Å²) in [6.45, 7) is 1.88. The van der Waals surface area contributed by atoms with Gasteiger partial charge in [-0.05, 0) is 61.0 Å². The molecule has 0 aliphatic rings. The number of sulfonamides is 1. The number of hydrogen-bond donors (Lipinski definition) is 2. The third-order valence-corrected chi connectivity index (χ3v) is 5.85. The smallest absolute Gasteiger partial charge is 0.261 e. The molecular weight excluding hydrogens is 421 g/mol. The topological polar surface area (TPSA) is 88.2 Å². The van der Waals surface area contributed by atoms with Gasteiger partial charge in [0.15, 0.2) is 0 Å². The summed E-state index contributed by atoms with van der Waals surface area (Å²) in [6, 6.07) is 13.7. The lowest BCUT2D eigenvalue weighted by Crippen LogP contribution is -2.15. The maximum atomic E-state index is 12.6. The fourth-order valence-corrected chi connectivity index (χ4v) is 3.81. The van der Waals surface area contributed by atoms with Gasteiger partial charge in [-0.2, -0.15) is 0 Å². The highest BCUT2D eigenvalue weighted by Crippen LogP contribution is 2.26. The molecule has 0 fully saturated rings. The summed E-state index contributed by atoms with van der Waals surface area (Å²) in [4.78, 5) is 16.5. The molecule has 2 N–H and O–H groups in total. The molecule has 0 unspecified atom stereocenters. The van der Waals surface area contributed by atoms with Crippen LogP contribution >= 0.6 is 23.2 Å². The summed E-state index contributed by atoms with van der Waals surface area (Å²) < 4.78 is 27.5. The Morgan fingerprint density at radius 2 is 1.79 bits per heavy atom. The van der Waals surface area contributed by atoms with Gasteiger partial charge >= 0.3 is 0 Å². The second kappa shape index (κ2) is 8.18. The summed E-state index contributed by atoms with van der Waals surface area (Å²) in [7, 11) is -3.90. The van der Waals surface area contributed by atoms with Gasteiger partial charge in [-0.15, -0.1) is 0 Å². The molecule has 0 saturated heterocycles. The molecule has 144 valence electrons. The van der Waals surface area contributed by atoms with Crippen LogP contribution in [0.2, 0.25) is 10.0 Å². The molecular formula is C19H15Cl2N3O3S. The SMILES string of the molecule is Cc1ccnc(NC(=O)c2cccc(NS(=O)(=O)c3ccc(Cl)c(Cl)c3)c2)c1. The van der Waals surface area contributed by atoms with Crippen LogP contribution in [-0.2, 0) is 10.0 Å². The summed E-state index contributed by atoms with van der Waals surface area (Å²) in [5, 5.41) is 3.06. The first-order valence-corrected chi connectivity index (χ1v) is 10.3. The number of rotatable bonds is 5. The lowest BCUT2D eigenvalue weighted by molar-refractivity contribution is 0.102. The number of halogens is 2. The van der Waals surface area contributed by atoms with Crippen molar-refractivity contribution in [3.63, 3.8) is 0 Å². The first kappa shape index (κ1) is 20.1.